The number of carboxylic acids is 1. The van der Waals surface area contributed by atoms with Gasteiger partial charge in [-0.15, -0.1) is 0 Å². The first-order valence-corrected chi connectivity index (χ1v) is 5.83. The van der Waals surface area contributed by atoms with Gasteiger partial charge in [0.25, 0.3) is 5.91 Å². The van der Waals surface area contributed by atoms with Crippen LogP contribution in [0.3, 0.4) is 0 Å². The van der Waals surface area contributed by atoms with Crippen LogP contribution in [-0.2, 0) is 9.59 Å². The fourth-order valence-corrected chi connectivity index (χ4v) is 1.45. The number of hydrogen-bond acceptors (Lipinski definition) is 3. The summed E-state index contributed by atoms with van der Waals surface area (Å²) >= 11 is 0. The molecule has 5 nitrogen and oxygen atoms in total. The molecule has 0 aliphatic heterocycles. The molecular weight excluding hydrogens is 234 g/mol. The fraction of sp³-hybridized carbons (Fsp3) is 0.385. The largest absolute Gasteiger partial charge is 0.484 e. The molecule has 0 radical (unpaired) electrons. The zero-order valence-electron chi connectivity index (χ0n) is 10.3. The molecule has 1 atom stereocenters. The summed E-state index contributed by atoms with van der Waals surface area (Å²) in [4.78, 5) is 22.4. The van der Waals surface area contributed by atoms with Crippen molar-refractivity contribution in [2.45, 2.75) is 25.8 Å². The highest BCUT2D eigenvalue weighted by molar-refractivity contribution is 5.84. The second-order valence-corrected chi connectivity index (χ2v) is 3.85. The first kappa shape index (κ1) is 14.0. The van der Waals surface area contributed by atoms with Crippen molar-refractivity contribution in [2.75, 3.05) is 6.61 Å². The van der Waals surface area contributed by atoms with Crippen LogP contribution in [0.5, 0.6) is 5.75 Å². The minimum Gasteiger partial charge on any atom is -0.484 e. The zero-order chi connectivity index (χ0) is 13.4. The van der Waals surface area contributed by atoms with Crippen molar-refractivity contribution < 1.29 is 19.4 Å². The van der Waals surface area contributed by atoms with Crippen LogP contribution in [0.25, 0.3) is 0 Å². The number of nitrogens with one attached hydrogen (secondary N) is 1. The molecule has 0 fully saturated rings. The number of benzene rings is 1. The Kier molecular flexibility index (Phi) is 5.70. The molecule has 1 amide bonds. The Morgan fingerprint density at radius 2 is 2.00 bits per heavy atom. The molecule has 0 bridgehead atoms. The first-order valence-electron chi connectivity index (χ1n) is 5.83. The van der Waals surface area contributed by atoms with Gasteiger partial charge in [-0.25, -0.2) is 4.79 Å². The smallest absolute Gasteiger partial charge is 0.326 e. The molecule has 0 spiro atoms. The van der Waals surface area contributed by atoms with Crippen LogP contribution in [-0.4, -0.2) is 29.6 Å². The van der Waals surface area contributed by atoms with E-state index in [-0.39, 0.29) is 6.61 Å². The SMILES string of the molecule is CCCC(NC(=O)COc1ccccc1)C(=O)O. The second kappa shape index (κ2) is 7.32. The van der Waals surface area contributed by atoms with Crippen LogP contribution in [0.1, 0.15) is 19.8 Å². The molecule has 0 aliphatic rings. The Morgan fingerprint density at radius 1 is 1.33 bits per heavy atom. The Bertz CT molecular complexity index is 391. The number of carboxylic acid groups (broad SMARTS) is 1. The Hall–Kier alpha value is -2.04. The van der Waals surface area contributed by atoms with Gasteiger partial charge in [0.15, 0.2) is 6.61 Å². The monoisotopic (exact) mass is 251 g/mol. The van der Waals surface area contributed by atoms with E-state index in [4.69, 9.17) is 9.84 Å². The van der Waals surface area contributed by atoms with Gasteiger partial charge in [-0.05, 0) is 18.6 Å². The number of para-hydroxylation sites is 1. The molecule has 0 saturated heterocycles. The minimum atomic E-state index is -1.02. The molecule has 0 aromatic heterocycles. The molecule has 0 aliphatic carbocycles. The molecule has 1 rings (SSSR count). The summed E-state index contributed by atoms with van der Waals surface area (Å²) in [5.74, 6) is -0.875. The maximum atomic E-state index is 11.5. The van der Waals surface area contributed by atoms with E-state index in [0.29, 0.717) is 18.6 Å². The second-order valence-electron chi connectivity index (χ2n) is 3.85. The molecular formula is C13H17NO4. The van der Waals surface area contributed by atoms with Crippen molar-refractivity contribution in [3.05, 3.63) is 30.3 Å². The summed E-state index contributed by atoms with van der Waals surface area (Å²) in [7, 11) is 0. The van der Waals surface area contributed by atoms with E-state index in [1.54, 1.807) is 24.3 Å². The molecule has 2 N–H and O–H groups in total. The third-order valence-corrected chi connectivity index (χ3v) is 2.32. The normalized spacial score (nSPS) is 11.6. The van der Waals surface area contributed by atoms with E-state index in [1.807, 2.05) is 13.0 Å². The van der Waals surface area contributed by atoms with E-state index in [1.165, 1.54) is 0 Å². The number of rotatable bonds is 7. The van der Waals surface area contributed by atoms with Crippen LogP contribution in [0, 0.1) is 0 Å². The number of carbonyl (C=O) groups excluding carboxylic acids is 1. The lowest BCUT2D eigenvalue weighted by atomic mass is 10.2. The number of carbonyl (C=O) groups is 2. The summed E-state index contributed by atoms with van der Waals surface area (Å²) in [6, 6.07) is 8.05. The molecule has 1 unspecified atom stereocenters. The predicted molar refractivity (Wildman–Crippen MR) is 66.4 cm³/mol. The highest BCUT2D eigenvalue weighted by Gasteiger charge is 2.18. The first-order chi connectivity index (χ1) is 8.63. The highest BCUT2D eigenvalue weighted by Crippen LogP contribution is 2.07. The van der Waals surface area contributed by atoms with Crippen LogP contribution < -0.4 is 10.1 Å². The summed E-state index contributed by atoms with van der Waals surface area (Å²) in [6.07, 6.45) is 1.10. The van der Waals surface area contributed by atoms with Gasteiger partial charge in [0, 0.05) is 0 Å². The third-order valence-electron chi connectivity index (χ3n) is 2.32. The molecule has 98 valence electrons. The molecule has 1 aromatic rings. The molecule has 18 heavy (non-hydrogen) atoms. The van der Waals surface area contributed by atoms with Crippen molar-refractivity contribution >= 4 is 11.9 Å². The van der Waals surface area contributed by atoms with E-state index >= 15 is 0 Å². The molecule has 0 heterocycles. The standard InChI is InChI=1S/C13H17NO4/c1-2-6-11(13(16)17)14-12(15)9-18-10-7-4-3-5-8-10/h3-5,7-8,11H,2,6,9H2,1H3,(H,14,15)(H,16,17). The average Bonchev–Trinajstić information content (AvgIpc) is 2.37. The van der Waals surface area contributed by atoms with Crippen LogP contribution >= 0.6 is 0 Å². The maximum absolute atomic E-state index is 11.5. The number of aliphatic carboxylic acids is 1. The van der Waals surface area contributed by atoms with E-state index < -0.39 is 17.9 Å². The van der Waals surface area contributed by atoms with Crippen LogP contribution in [0.2, 0.25) is 0 Å². The van der Waals surface area contributed by atoms with Gasteiger partial charge in [-0.2, -0.15) is 0 Å². The van der Waals surface area contributed by atoms with Crippen molar-refractivity contribution in [1.82, 2.24) is 5.32 Å². The lowest BCUT2D eigenvalue weighted by Crippen LogP contribution is -2.42. The van der Waals surface area contributed by atoms with Gasteiger partial charge < -0.3 is 15.2 Å². The van der Waals surface area contributed by atoms with E-state index in [9.17, 15) is 9.59 Å². The third kappa shape index (κ3) is 4.86. The average molecular weight is 251 g/mol. The maximum Gasteiger partial charge on any atom is 0.326 e. The van der Waals surface area contributed by atoms with Gasteiger partial charge in [0.1, 0.15) is 11.8 Å². The Labute approximate surface area is 106 Å². The summed E-state index contributed by atoms with van der Waals surface area (Å²) < 4.78 is 5.22. The lowest BCUT2D eigenvalue weighted by molar-refractivity contribution is -0.142. The topological polar surface area (TPSA) is 75.6 Å². The Morgan fingerprint density at radius 3 is 2.56 bits per heavy atom. The fourth-order valence-electron chi connectivity index (χ4n) is 1.45. The predicted octanol–water partition coefficient (Wildman–Crippen LogP) is 1.43. The van der Waals surface area contributed by atoms with Crippen molar-refractivity contribution in [3.63, 3.8) is 0 Å². The minimum absolute atomic E-state index is 0.183. The zero-order valence-corrected chi connectivity index (χ0v) is 10.3. The molecule has 0 saturated carbocycles. The van der Waals surface area contributed by atoms with Gasteiger partial charge >= 0.3 is 5.97 Å². The molecule has 5 heteroatoms. The Balaban J connectivity index is 2.39. The van der Waals surface area contributed by atoms with Crippen molar-refractivity contribution in [2.24, 2.45) is 0 Å². The number of amides is 1. The highest BCUT2D eigenvalue weighted by atomic mass is 16.5. The van der Waals surface area contributed by atoms with Crippen LogP contribution in [0.4, 0.5) is 0 Å². The van der Waals surface area contributed by atoms with Gasteiger partial charge in [0.2, 0.25) is 0 Å². The van der Waals surface area contributed by atoms with E-state index in [2.05, 4.69) is 5.32 Å². The van der Waals surface area contributed by atoms with Crippen molar-refractivity contribution in [3.8, 4) is 5.75 Å². The lowest BCUT2D eigenvalue weighted by Gasteiger charge is -2.13. The van der Waals surface area contributed by atoms with Gasteiger partial charge in [-0.3, -0.25) is 4.79 Å². The van der Waals surface area contributed by atoms with Crippen molar-refractivity contribution in [1.29, 1.82) is 0 Å². The van der Waals surface area contributed by atoms with E-state index in [0.717, 1.165) is 0 Å². The summed E-state index contributed by atoms with van der Waals surface area (Å²) in [5, 5.41) is 11.3. The molecule has 1 aromatic carbocycles. The van der Waals surface area contributed by atoms with Gasteiger partial charge in [0.05, 0.1) is 0 Å². The summed E-state index contributed by atoms with van der Waals surface area (Å²) in [5.41, 5.74) is 0. The number of hydrogen-bond donors (Lipinski definition) is 2. The summed E-state index contributed by atoms with van der Waals surface area (Å²) in [6.45, 7) is 1.68. The quantitative estimate of drug-likeness (QED) is 0.768. The van der Waals surface area contributed by atoms with Crippen LogP contribution in [0.15, 0.2) is 30.3 Å². The van der Waals surface area contributed by atoms with Gasteiger partial charge in [-0.1, -0.05) is 31.5 Å². The number of ether oxygens (including phenoxy) is 1.